The Hall–Kier alpha value is -9.92. The molecule has 4 saturated carbocycles. The maximum Gasteiger partial charge on any atom is 0.224 e. The summed E-state index contributed by atoms with van der Waals surface area (Å²) in [5.41, 5.74) is 7.20. The van der Waals surface area contributed by atoms with Gasteiger partial charge in [0.2, 0.25) is 23.6 Å². The molecule has 12 aliphatic rings. The summed E-state index contributed by atoms with van der Waals surface area (Å²) in [5.74, 6) is -0.396. The van der Waals surface area contributed by atoms with Gasteiger partial charge in [-0.05, 0) is 169 Å². The molecule has 4 amide bonds. The molecule has 0 aromatic heterocycles. The summed E-state index contributed by atoms with van der Waals surface area (Å²) < 4.78 is 78.8. The largest absolute Gasteiger partial charge is 0.487 e. The molecule has 20 rings (SSSR count). The second-order valence-corrected chi connectivity index (χ2v) is 36.3. The van der Waals surface area contributed by atoms with Crippen molar-refractivity contribution in [3.63, 3.8) is 0 Å². The van der Waals surface area contributed by atoms with Crippen LogP contribution >= 0.6 is 0 Å². The van der Waals surface area contributed by atoms with Gasteiger partial charge in [0.05, 0.1) is 46.8 Å². The van der Waals surface area contributed by atoms with Crippen LogP contribution in [0.4, 0.5) is 40.3 Å². The SMILES string of the molecule is O=C1CCc2cc([C@@H](O)CN3C[C@@H]4C[C@@H](Oc5ccccc5F)C[C@]4(O)C3)ccc2N1.O=C1CCc2cc([C@@H](O)CN3C[C@H]4C[C@H](Oc5ccccc5F)C[C@@]4(O)C3)ccc2N1.O=C1CCc2cc([C@H](O)CN3C[C@@H]4C[C@@H](Oc5ccccc5F)C[C@]4(O)C3)ccc2N1.O=C1CCc2cc([C@H](O)CN3C[C@H]4C[C@H](Oc5ccccc5F)C[C@@]4(O)C3)ccc2N1. The zero-order valence-electron chi connectivity index (χ0n) is 69.0. The third-order valence-corrected chi connectivity index (χ3v) is 27.3. The van der Waals surface area contributed by atoms with Crippen molar-refractivity contribution in [3.8, 4) is 23.0 Å². The Labute approximate surface area is 717 Å². The number of likely N-dealkylation sites (tertiary alicyclic amines) is 4. The molecule has 124 heavy (non-hydrogen) atoms. The third kappa shape index (κ3) is 19.5. The van der Waals surface area contributed by atoms with Crippen LogP contribution in [0.1, 0.15) is 146 Å². The number of halogens is 4. The molecule has 656 valence electrons. The Morgan fingerprint density at radius 1 is 0.315 bits per heavy atom. The lowest BCUT2D eigenvalue weighted by Gasteiger charge is -2.25. The number of ether oxygens (including phenoxy) is 4. The minimum atomic E-state index is -0.879. The van der Waals surface area contributed by atoms with Gasteiger partial charge in [-0.25, -0.2) is 17.6 Å². The highest BCUT2D eigenvalue weighted by atomic mass is 19.1. The number of hydrogen-bond acceptors (Lipinski definition) is 20. The Morgan fingerprint density at radius 3 is 0.726 bits per heavy atom. The first-order chi connectivity index (χ1) is 59.6. The highest BCUT2D eigenvalue weighted by molar-refractivity contribution is 5.96. The number of aliphatic hydroxyl groups excluding tert-OH is 4. The van der Waals surface area contributed by atoms with Crippen LogP contribution in [-0.4, -0.2) is 209 Å². The second-order valence-electron chi connectivity index (χ2n) is 36.3. The van der Waals surface area contributed by atoms with Crippen LogP contribution in [0.3, 0.4) is 0 Å². The van der Waals surface area contributed by atoms with E-state index >= 15 is 0 Å². The Kier molecular flexibility index (Phi) is 25.2. The highest BCUT2D eigenvalue weighted by Crippen LogP contribution is 2.49. The molecular weight excluding hydrogens is 1600 g/mol. The van der Waals surface area contributed by atoms with E-state index in [1.54, 1.807) is 72.8 Å². The minimum absolute atomic E-state index is 0.0231. The van der Waals surface area contributed by atoms with E-state index < -0.39 is 46.8 Å². The third-order valence-electron chi connectivity index (χ3n) is 27.3. The first-order valence-electron chi connectivity index (χ1n) is 43.4. The number of anilines is 4. The predicted molar refractivity (Wildman–Crippen MR) is 453 cm³/mol. The molecule has 0 unspecified atom stereocenters. The molecule has 28 heteroatoms. The van der Waals surface area contributed by atoms with Gasteiger partial charge in [-0.15, -0.1) is 0 Å². The van der Waals surface area contributed by atoms with Crippen molar-refractivity contribution in [1.82, 2.24) is 19.6 Å². The number of carbonyl (C=O) groups is 4. The standard InChI is InChI=1S/4C24H27FN2O4/c4*25-19-3-1-2-4-22(19)31-18-10-17-12-27(14-24(17,30)11-18)13-21(28)16-5-7-20-15(9-16)6-8-23(29)26-20/h4*1-5,7,9,17-18,21,28,30H,6,8,10-14H2,(H,26,29)/t2*17-,18+,21+,24-;2*17-,18+,21-,24-/m1010/s1. The van der Waals surface area contributed by atoms with Crippen LogP contribution in [0.5, 0.6) is 23.0 Å². The fourth-order valence-corrected chi connectivity index (χ4v) is 21.2. The summed E-state index contributed by atoms with van der Waals surface area (Å²) in [5, 5.41) is 99.1. The van der Waals surface area contributed by atoms with Crippen LogP contribution in [0.15, 0.2) is 170 Å². The lowest BCUT2D eigenvalue weighted by molar-refractivity contribution is -0.117. The molecule has 24 nitrogen and oxygen atoms in total. The number of nitrogens with one attached hydrogen (secondary N) is 4. The smallest absolute Gasteiger partial charge is 0.224 e. The van der Waals surface area contributed by atoms with Gasteiger partial charge in [-0.2, -0.15) is 0 Å². The second kappa shape index (κ2) is 36.2. The van der Waals surface area contributed by atoms with Crippen molar-refractivity contribution in [1.29, 1.82) is 0 Å². The molecule has 8 fully saturated rings. The van der Waals surface area contributed by atoms with Crippen LogP contribution in [0.25, 0.3) is 0 Å². The fourth-order valence-electron chi connectivity index (χ4n) is 21.2. The number of benzene rings is 8. The number of hydrogen-bond donors (Lipinski definition) is 12. The zero-order chi connectivity index (χ0) is 86.3. The first kappa shape index (κ1) is 86.2. The maximum atomic E-state index is 13.9. The quantitative estimate of drug-likeness (QED) is 0.0316. The van der Waals surface area contributed by atoms with Gasteiger partial charge in [0.25, 0.3) is 0 Å². The number of fused-ring (bicyclic) bond motifs is 8. The van der Waals surface area contributed by atoms with Crippen molar-refractivity contribution >= 4 is 46.4 Å². The maximum absolute atomic E-state index is 13.9. The topological polar surface area (TPSA) is 328 Å². The Bertz CT molecular complexity index is 4630. The van der Waals surface area contributed by atoms with E-state index in [1.807, 2.05) is 72.8 Å². The van der Waals surface area contributed by atoms with E-state index in [9.17, 15) is 77.6 Å². The molecule has 16 atom stereocenters. The fraction of sp³-hybridized carbons (Fsp3) is 0.458. The van der Waals surface area contributed by atoms with E-state index in [4.69, 9.17) is 18.9 Å². The number of rotatable bonds is 20. The van der Waals surface area contributed by atoms with E-state index in [0.29, 0.717) is 181 Å². The number of aryl methyl sites for hydroxylation is 4. The van der Waals surface area contributed by atoms with Gasteiger partial charge < -0.3 is 81.1 Å². The molecule has 4 aliphatic carbocycles. The van der Waals surface area contributed by atoms with Crippen LogP contribution in [0, 0.1) is 46.9 Å². The normalized spacial score (nSPS) is 28.7. The van der Waals surface area contributed by atoms with Gasteiger partial charge in [-0.3, -0.25) is 38.8 Å². The summed E-state index contributed by atoms with van der Waals surface area (Å²) in [6.45, 7) is 6.28. The van der Waals surface area contributed by atoms with Crippen molar-refractivity contribution in [2.24, 2.45) is 23.7 Å². The Balaban J connectivity index is 0.000000117. The highest BCUT2D eigenvalue weighted by Gasteiger charge is 2.57. The lowest BCUT2D eigenvalue weighted by atomic mass is 9.95. The zero-order valence-corrected chi connectivity index (χ0v) is 69.0. The average Bonchev–Trinajstić information content (AvgIpc) is 1.62. The van der Waals surface area contributed by atoms with Crippen LogP contribution in [0.2, 0.25) is 0 Å². The predicted octanol–water partition coefficient (Wildman–Crippen LogP) is 10.6. The Morgan fingerprint density at radius 2 is 0.524 bits per heavy atom. The lowest BCUT2D eigenvalue weighted by Crippen LogP contribution is -2.36. The van der Waals surface area contributed by atoms with Crippen molar-refractivity contribution in [3.05, 3.63) is 238 Å². The van der Waals surface area contributed by atoms with Crippen molar-refractivity contribution in [2.75, 3.05) is 99.8 Å². The molecule has 8 heterocycles. The molecule has 0 bridgehead atoms. The van der Waals surface area contributed by atoms with E-state index in [-0.39, 0.29) is 118 Å². The monoisotopic (exact) mass is 1700 g/mol. The van der Waals surface area contributed by atoms with Gasteiger partial charge in [0.15, 0.2) is 46.3 Å². The molecule has 8 aliphatic heterocycles. The summed E-state index contributed by atoms with van der Waals surface area (Å²) >= 11 is 0. The van der Waals surface area contributed by atoms with Gasteiger partial charge >= 0.3 is 0 Å². The summed E-state index contributed by atoms with van der Waals surface area (Å²) in [7, 11) is 0. The van der Waals surface area contributed by atoms with Crippen LogP contribution in [-0.2, 0) is 44.9 Å². The number of amides is 4. The number of β-amino-alcohol motifs (C(OH)–C–C–N with tert-alkyl or cyclic N) is 8. The first-order valence-corrected chi connectivity index (χ1v) is 43.4. The van der Waals surface area contributed by atoms with E-state index in [1.165, 1.54) is 24.3 Å². The number of carbonyl (C=O) groups excluding carboxylic acids is 4. The van der Waals surface area contributed by atoms with Gasteiger partial charge in [0, 0.05) is 176 Å². The molecule has 8 aromatic rings. The number of para-hydroxylation sites is 4. The molecular formula is C96H108F4N8O16. The summed E-state index contributed by atoms with van der Waals surface area (Å²) in [4.78, 5) is 54.5. The molecule has 12 N–H and O–H groups in total. The minimum Gasteiger partial charge on any atom is -0.487 e. The van der Waals surface area contributed by atoms with Crippen LogP contribution < -0.4 is 40.2 Å². The van der Waals surface area contributed by atoms with Gasteiger partial charge in [-0.1, -0.05) is 97.1 Å². The van der Waals surface area contributed by atoms with E-state index in [2.05, 4.69) is 40.9 Å². The molecule has 0 radical (unpaired) electrons. The summed E-state index contributed by atoms with van der Waals surface area (Å²) in [6, 6.07) is 48.0. The summed E-state index contributed by atoms with van der Waals surface area (Å²) in [6.07, 6.45) is 5.49. The van der Waals surface area contributed by atoms with Gasteiger partial charge in [0.1, 0.15) is 24.4 Å². The molecule has 0 spiro atoms. The van der Waals surface area contributed by atoms with Crippen molar-refractivity contribution in [2.45, 2.75) is 174 Å². The number of aliphatic hydroxyl groups is 8. The number of nitrogens with zero attached hydrogens (tertiary/aromatic N) is 4. The molecule has 8 aromatic carbocycles. The average molecular weight is 1710 g/mol. The molecule has 4 saturated heterocycles. The van der Waals surface area contributed by atoms with E-state index in [0.717, 1.165) is 67.3 Å². The van der Waals surface area contributed by atoms with Crippen molar-refractivity contribution < 1.29 is 96.5 Å².